The molecule has 7 rings (SSSR count). The van der Waals surface area contributed by atoms with Crippen molar-refractivity contribution in [3.63, 3.8) is 0 Å². The first-order valence-corrected chi connectivity index (χ1v) is 39.7. The first-order valence-electron chi connectivity index (χ1n) is 35.2. The molecule has 0 bridgehead atoms. The minimum Gasteiger partial charge on any atom is -1.00 e. The number of piperidine rings is 2. The normalized spacial score (nSPS) is 15.4. The van der Waals surface area contributed by atoms with Crippen molar-refractivity contribution in [3.8, 4) is 0 Å². The second-order valence-electron chi connectivity index (χ2n) is 27.5. The lowest BCUT2D eigenvalue weighted by Crippen LogP contribution is -3.00. The van der Waals surface area contributed by atoms with E-state index in [9.17, 15) is 24.0 Å². The molecule has 2 saturated heterocycles. The number of nitrogens with one attached hydrogen (secondary N) is 2. The van der Waals surface area contributed by atoms with Gasteiger partial charge in [-0.25, -0.2) is 0 Å². The number of Topliss-reactive ketones (excluding diaryl/α,β-unsaturated/α-hetero) is 4. The van der Waals surface area contributed by atoms with Crippen LogP contribution in [0.2, 0.25) is 15.1 Å². The minimum absolute atomic E-state index is 0. The molecule has 4 unspecified atom stereocenters. The van der Waals surface area contributed by atoms with E-state index in [2.05, 4.69) is 123 Å². The molecule has 11 nitrogen and oxygen atoms in total. The van der Waals surface area contributed by atoms with Gasteiger partial charge in [-0.1, -0.05) is 157 Å². The van der Waals surface area contributed by atoms with Gasteiger partial charge >= 0.3 is 0 Å². The Kier molecular flexibility index (Phi) is 46.9. The fraction of sp³-hybridized carbons (Fsp3) is 0.562. The van der Waals surface area contributed by atoms with Crippen molar-refractivity contribution in [3.05, 3.63) is 166 Å². The zero-order valence-electron chi connectivity index (χ0n) is 62.5. The lowest BCUT2D eigenvalue weighted by Gasteiger charge is -2.37. The first-order chi connectivity index (χ1) is 45.9. The van der Waals surface area contributed by atoms with E-state index in [1.54, 1.807) is 0 Å². The van der Waals surface area contributed by atoms with Gasteiger partial charge in [0.15, 0.2) is 23.1 Å². The van der Waals surface area contributed by atoms with E-state index in [1.165, 1.54) is 36.0 Å². The molecular weight excluding hydrogens is 1630 g/mol. The predicted molar refractivity (Wildman–Crippen MR) is 424 cm³/mol. The molecule has 0 aliphatic carbocycles. The van der Waals surface area contributed by atoms with E-state index in [0.29, 0.717) is 61.4 Å². The molecule has 2 heterocycles. The number of carbonyl (C=O) groups excluding carboxylic acids is 5. The van der Waals surface area contributed by atoms with Crippen molar-refractivity contribution in [1.82, 2.24) is 15.1 Å². The Morgan fingerprint density at radius 1 is 0.535 bits per heavy atom. The average Bonchev–Trinajstić information content (AvgIpc) is 0.854. The van der Waals surface area contributed by atoms with Crippen LogP contribution in [0, 0.1) is 69.2 Å². The molecule has 5 aromatic rings. The highest BCUT2D eigenvalue weighted by molar-refractivity contribution is 9.09. The van der Waals surface area contributed by atoms with Crippen LogP contribution in [-0.2, 0) is 49.7 Å². The lowest BCUT2D eigenvalue weighted by atomic mass is 9.92. The van der Waals surface area contributed by atoms with Gasteiger partial charge in [0.2, 0.25) is 5.91 Å². The molecule has 19 heteroatoms. The van der Waals surface area contributed by atoms with Gasteiger partial charge in [-0.2, -0.15) is 0 Å². The maximum Gasteiger partial charge on any atom is 0.241 e. The largest absolute Gasteiger partial charge is 1.00 e. The number of anilines is 1. The van der Waals surface area contributed by atoms with Crippen molar-refractivity contribution in [2.75, 3.05) is 114 Å². The number of benzene rings is 5. The summed E-state index contributed by atoms with van der Waals surface area (Å²) in [6.07, 6.45) is 11.7. The highest BCUT2D eigenvalue weighted by Gasteiger charge is 2.31. The number of quaternary nitrogens is 2. The summed E-state index contributed by atoms with van der Waals surface area (Å²) in [5, 5.41) is 12.0. The van der Waals surface area contributed by atoms with E-state index in [4.69, 9.17) is 34.8 Å². The Morgan fingerprint density at radius 3 is 1.35 bits per heavy atom. The van der Waals surface area contributed by atoms with Crippen molar-refractivity contribution >= 4 is 117 Å². The smallest absolute Gasteiger partial charge is 0.241 e. The summed E-state index contributed by atoms with van der Waals surface area (Å²) < 4.78 is 1.52. The third kappa shape index (κ3) is 32.7. The predicted octanol–water partition coefficient (Wildman–Crippen LogP) is 12.1. The molecular formula is C80H118Br5Cl3N6O5. The minimum atomic E-state index is -0.0939. The van der Waals surface area contributed by atoms with Crippen LogP contribution in [-0.4, -0.2) is 169 Å². The fourth-order valence-corrected chi connectivity index (χ4v) is 14.7. The fourth-order valence-electron chi connectivity index (χ4n) is 12.6. The summed E-state index contributed by atoms with van der Waals surface area (Å²) in [5.41, 5.74) is 16.5. The Hall–Kier alpha value is -2.68. The van der Waals surface area contributed by atoms with Crippen LogP contribution in [0.25, 0.3) is 0 Å². The van der Waals surface area contributed by atoms with Gasteiger partial charge in [0, 0.05) is 81.8 Å². The van der Waals surface area contributed by atoms with Gasteiger partial charge in [0.05, 0.1) is 58.9 Å². The second kappa shape index (κ2) is 49.2. The molecule has 4 atom stereocenters. The van der Waals surface area contributed by atoms with Crippen LogP contribution in [0.15, 0.2) is 72.8 Å². The number of ketones is 4. The molecule has 554 valence electrons. The van der Waals surface area contributed by atoms with Gasteiger partial charge in [-0.05, 0) is 238 Å². The third-order valence-electron chi connectivity index (χ3n) is 19.6. The quantitative estimate of drug-likeness (QED) is 0.0359. The van der Waals surface area contributed by atoms with Crippen LogP contribution >= 0.6 is 82.6 Å². The highest BCUT2D eigenvalue weighted by atomic mass is 79.9. The summed E-state index contributed by atoms with van der Waals surface area (Å²) >= 11 is 28.6. The molecule has 1 amide bonds. The standard InChI is InChI=1S/C31H44ClN3O2.C17H26BrClNO.C15H21NO.C14H20ClNO.C3H6Br2.2BrH/c1-7-35(6,21-26(36)20-27-22(2)15-16-28(32)25(27)5)19-11-18-34-17-9-8-14-29(34)31(37)33-30-23(3)12-10-13-24(30)4;1-5-20(4,10-6-9-18)12-15(21)11-16-13(2)7-8-17(19)14(16)3;1-11-6-5-7-12(2)13(11)10-15(17)14-8-3-4-9-16-14;1-5-16(4)9-12(17)8-13-10(2)6-7-14(15)11(13)3;4-2-1-3-5;;/h10,12-13,15-16,29H,7-9,11,14,17-21H2,1-6H3;7-8H,5-6,9-12H2,1-4H3;5-7,14,16H,3-4,8-10H2,1-2H3;6-7H,5,8-9H2,1-4H3;1-3H2;2*1H/q;+1;;;;;/p-1. The summed E-state index contributed by atoms with van der Waals surface area (Å²) in [5.74, 6) is 1.24. The maximum atomic E-state index is 13.3. The first kappa shape index (κ1) is 94.3. The number of likely N-dealkylation sites (tertiary alicyclic amines) is 1. The molecule has 2 fully saturated rings. The Morgan fingerprint density at radius 2 is 0.949 bits per heavy atom. The zero-order chi connectivity index (χ0) is 72.6. The van der Waals surface area contributed by atoms with E-state index in [-0.39, 0.29) is 63.5 Å². The van der Waals surface area contributed by atoms with Crippen LogP contribution in [0.1, 0.15) is 156 Å². The summed E-state index contributed by atoms with van der Waals surface area (Å²) in [6.45, 7) is 35.8. The average molecular weight is 1750 g/mol. The number of hydrogen-bond donors (Lipinski definition) is 2. The zero-order valence-corrected chi connectivity index (χ0v) is 72.7. The van der Waals surface area contributed by atoms with E-state index < -0.39 is 0 Å². The Balaban J connectivity index is 0.000000677. The molecule has 2 aliphatic heterocycles. The number of amides is 1. The number of aryl methyl sites for hydroxylation is 7. The number of likely N-dealkylation sites (N-methyl/N-ethyl adjacent to an activating group) is 3. The van der Waals surface area contributed by atoms with Crippen LogP contribution < -0.4 is 44.6 Å². The molecule has 0 radical (unpaired) electrons. The van der Waals surface area contributed by atoms with Crippen LogP contribution in [0.5, 0.6) is 0 Å². The monoisotopic (exact) mass is 1740 g/mol. The second-order valence-corrected chi connectivity index (χ2v) is 31.1. The van der Waals surface area contributed by atoms with Crippen LogP contribution in [0.4, 0.5) is 5.69 Å². The summed E-state index contributed by atoms with van der Waals surface area (Å²) in [4.78, 5) is 67.4. The Bertz CT molecular complexity index is 3290. The summed E-state index contributed by atoms with van der Waals surface area (Å²) in [7, 11) is 6.30. The van der Waals surface area contributed by atoms with Crippen molar-refractivity contribution in [1.29, 1.82) is 0 Å². The number of hydrogen-bond acceptors (Lipinski definition) is 8. The SMILES string of the molecule is BrCCCBr.CCN(C)CC(=O)Cc1c(C)ccc(Cl)c1C.CC[N+](C)(CCCBr)CC(=O)Cc1c(C)ccc(Cl)c1C.CC[N+](C)(CCCN1CCCCC1C(=O)Nc1c(C)cccc1C)CC(=O)Cc1c(C)ccc(Cl)c1C.Cc1cccc(C)c1CC(=O)C1CCCCN1.[Br-].[Br-]. The van der Waals surface area contributed by atoms with E-state index in [1.807, 2.05) is 129 Å². The third-order valence-corrected chi connectivity index (χ3v) is 22.5. The molecule has 5 aromatic carbocycles. The number of para-hydroxylation sites is 1. The van der Waals surface area contributed by atoms with Gasteiger partial charge in [-0.15, -0.1) is 0 Å². The lowest BCUT2D eigenvalue weighted by molar-refractivity contribution is -0.900. The van der Waals surface area contributed by atoms with Gasteiger partial charge in [0.1, 0.15) is 13.1 Å². The number of rotatable bonds is 29. The molecule has 2 aliphatic rings. The topological polar surface area (TPSA) is 116 Å². The highest BCUT2D eigenvalue weighted by Crippen LogP contribution is 2.28. The maximum absolute atomic E-state index is 13.3. The van der Waals surface area contributed by atoms with E-state index >= 15 is 0 Å². The van der Waals surface area contributed by atoms with Gasteiger partial charge < -0.3 is 53.6 Å². The molecule has 0 aromatic heterocycles. The number of alkyl halides is 3. The van der Waals surface area contributed by atoms with Crippen molar-refractivity contribution < 1.29 is 66.9 Å². The van der Waals surface area contributed by atoms with Crippen molar-refractivity contribution in [2.24, 2.45) is 0 Å². The molecule has 0 spiro atoms. The molecule has 2 N–H and O–H groups in total. The summed E-state index contributed by atoms with van der Waals surface area (Å²) in [6, 6.07) is 24.0. The molecule has 0 saturated carbocycles. The van der Waals surface area contributed by atoms with Gasteiger partial charge in [-0.3, -0.25) is 33.8 Å². The van der Waals surface area contributed by atoms with Gasteiger partial charge in [0.25, 0.3) is 0 Å². The van der Waals surface area contributed by atoms with Crippen LogP contribution in [0.3, 0.4) is 0 Å². The number of nitrogens with zero attached hydrogens (tertiary/aromatic N) is 4. The number of halogens is 8. The Labute approximate surface area is 659 Å². The van der Waals surface area contributed by atoms with E-state index in [0.717, 1.165) is 193 Å². The van der Waals surface area contributed by atoms with Crippen molar-refractivity contribution in [2.45, 2.75) is 186 Å². The molecule has 99 heavy (non-hydrogen) atoms. The number of carbonyl (C=O) groups is 5.